The summed E-state index contributed by atoms with van der Waals surface area (Å²) in [6.45, 7) is 0. The molecule has 0 atom stereocenters. The zero-order valence-electron chi connectivity index (χ0n) is 11.1. The Morgan fingerprint density at radius 1 is 0.864 bits per heavy atom. The molecular weight excluding hydrogens is 284 g/mol. The third-order valence-electron chi connectivity index (χ3n) is 3.88. The van der Waals surface area contributed by atoms with E-state index in [1.807, 2.05) is 12.1 Å². The largest absolute Gasteiger partial charge is 0.508 e. The van der Waals surface area contributed by atoms with Crippen LogP contribution < -0.4 is 5.63 Å². The second-order valence-electron chi connectivity index (χ2n) is 5.18. The first-order valence-electron chi connectivity index (χ1n) is 6.70. The Bertz CT molecular complexity index is 1250. The lowest BCUT2D eigenvalue weighted by atomic mass is 10.1. The Balaban J connectivity index is 2.10. The van der Waals surface area contributed by atoms with E-state index < -0.39 is 5.63 Å². The molecular formula is C17H8O5. The number of fused-ring (bicyclic) bond motifs is 6. The Kier molecular flexibility index (Phi) is 1.93. The Hall–Kier alpha value is -3.21. The summed E-state index contributed by atoms with van der Waals surface area (Å²) in [5, 5.41) is 12.2. The molecule has 0 unspecified atom stereocenters. The van der Waals surface area contributed by atoms with Crippen LogP contribution in [0.4, 0.5) is 0 Å². The van der Waals surface area contributed by atoms with Crippen LogP contribution in [0.25, 0.3) is 43.9 Å². The number of hydrogen-bond donors (Lipinski definition) is 1. The van der Waals surface area contributed by atoms with E-state index in [4.69, 9.17) is 13.3 Å². The first kappa shape index (κ1) is 11.4. The van der Waals surface area contributed by atoms with Crippen molar-refractivity contribution in [1.82, 2.24) is 0 Å². The van der Waals surface area contributed by atoms with Crippen molar-refractivity contribution in [3.8, 4) is 5.75 Å². The molecule has 2 aromatic carbocycles. The second-order valence-corrected chi connectivity index (χ2v) is 5.18. The fourth-order valence-electron chi connectivity index (χ4n) is 2.88. The normalized spacial score (nSPS) is 12.0. The number of hydrogen-bond acceptors (Lipinski definition) is 5. The minimum absolute atomic E-state index is 0.0810. The van der Waals surface area contributed by atoms with Crippen LogP contribution in [-0.4, -0.2) is 5.11 Å². The fraction of sp³-hybridized carbons (Fsp3) is 0. The predicted molar refractivity (Wildman–Crippen MR) is 81.2 cm³/mol. The van der Waals surface area contributed by atoms with Crippen molar-refractivity contribution in [3.63, 3.8) is 0 Å². The van der Waals surface area contributed by atoms with Gasteiger partial charge in [0.2, 0.25) is 0 Å². The smallest absolute Gasteiger partial charge is 0.348 e. The molecule has 1 N–H and O–H groups in total. The highest BCUT2D eigenvalue weighted by molar-refractivity contribution is 6.14. The highest BCUT2D eigenvalue weighted by Crippen LogP contribution is 2.34. The van der Waals surface area contributed by atoms with Gasteiger partial charge in [-0.15, -0.1) is 0 Å². The van der Waals surface area contributed by atoms with Crippen molar-refractivity contribution in [2.24, 2.45) is 0 Å². The van der Waals surface area contributed by atoms with E-state index in [1.54, 1.807) is 18.4 Å². The van der Waals surface area contributed by atoms with Crippen molar-refractivity contribution < 1.29 is 18.4 Å². The van der Waals surface area contributed by atoms with Crippen molar-refractivity contribution in [1.29, 1.82) is 0 Å². The molecule has 0 aliphatic rings. The van der Waals surface area contributed by atoms with Crippen LogP contribution >= 0.6 is 0 Å². The molecule has 0 fully saturated rings. The minimum atomic E-state index is -0.474. The summed E-state index contributed by atoms with van der Waals surface area (Å²) in [5.41, 5.74) is 1.47. The summed E-state index contributed by atoms with van der Waals surface area (Å²) in [5.74, 6) is 0.0810. The minimum Gasteiger partial charge on any atom is -0.508 e. The van der Waals surface area contributed by atoms with Gasteiger partial charge < -0.3 is 18.4 Å². The van der Waals surface area contributed by atoms with Gasteiger partial charge >= 0.3 is 5.63 Å². The molecule has 0 spiro atoms. The maximum absolute atomic E-state index is 12.3. The van der Waals surface area contributed by atoms with Crippen LogP contribution in [0.2, 0.25) is 0 Å². The summed E-state index contributed by atoms with van der Waals surface area (Å²) >= 11 is 0. The van der Waals surface area contributed by atoms with Crippen LogP contribution in [-0.2, 0) is 0 Å². The van der Waals surface area contributed by atoms with Gasteiger partial charge in [-0.1, -0.05) is 0 Å². The molecule has 0 radical (unpaired) electrons. The third-order valence-corrected chi connectivity index (χ3v) is 3.88. The van der Waals surface area contributed by atoms with E-state index >= 15 is 0 Å². The molecule has 5 aromatic rings. The quantitative estimate of drug-likeness (QED) is 0.434. The SMILES string of the molecule is O=c1oc2cc3occc3cc2c2oc3cc(O)ccc3c12. The van der Waals surface area contributed by atoms with Gasteiger partial charge in [-0.2, -0.15) is 0 Å². The second kappa shape index (κ2) is 3.71. The zero-order valence-corrected chi connectivity index (χ0v) is 11.1. The summed E-state index contributed by atoms with van der Waals surface area (Å²) in [6.07, 6.45) is 1.58. The fourth-order valence-corrected chi connectivity index (χ4v) is 2.88. The topological polar surface area (TPSA) is 76.7 Å². The van der Waals surface area contributed by atoms with Gasteiger partial charge in [0, 0.05) is 22.9 Å². The highest BCUT2D eigenvalue weighted by atomic mass is 16.4. The summed E-state index contributed by atoms with van der Waals surface area (Å²) < 4.78 is 16.5. The third kappa shape index (κ3) is 1.34. The molecule has 0 amide bonds. The lowest BCUT2D eigenvalue weighted by Gasteiger charge is -1.97. The van der Waals surface area contributed by atoms with E-state index in [9.17, 15) is 9.90 Å². The molecule has 0 aliphatic heterocycles. The van der Waals surface area contributed by atoms with Crippen molar-refractivity contribution >= 4 is 43.9 Å². The number of furan rings is 2. The van der Waals surface area contributed by atoms with Gasteiger partial charge in [0.25, 0.3) is 0 Å². The van der Waals surface area contributed by atoms with Gasteiger partial charge in [-0.3, -0.25) is 0 Å². The summed E-state index contributed by atoms with van der Waals surface area (Å²) in [4.78, 5) is 12.3. The van der Waals surface area contributed by atoms with Crippen LogP contribution in [0, 0.1) is 0 Å². The molecule has 3 heterocycles. The summed E-state index contributed by atoms with van der Waals surface area (Å²) in [6, 6.07) is 10.0. The maximum atomic E-state index is 12.3. The molecule has 22 heavy (non-hydrogen) atoms. The zero-order chi connectivity index (χ0) is 14.8. The standard InChI is InChI=1S/C17H8O5/c18-9-1-2-10-13(6-9)21-16-11-5-8-3-4-20-12(8)7-14(11)22-17(19)15(10)16/h1-7,18H. The van der Waals surface area contributed by atoms with Crippen LogP contribution in [0.1, 0.15) is 0 Å². The molecule has 5 nitrogen and oxygen atoms in total. The van der Waals surface area contributed by atoms with Gasteiger partial charge in [0.05, 0.1) is 11.6 Å². The number of aromatic hydroxyl groups is 1. The average molecular weight is 292 g/mol. The molecule has 3 aromatic heterocycles. The first-order valence-corrected chi connectivity index (χ1v) is 6.70. The van der Waals surface area contributed by atoms with Gasteiger partial charge in [0.15, 0.2) is 5.58 Å². The highest BCUT2D eigenvalue weighted by Gasteiger charge is 2.17. The molecule has 0 bridgehead atoms. The lowest BCUT2D eigenvalue weighted by molar-refractivity contribution is 0.475. The molecule has 0 saturated heterocycles. The van der Waals surface area contributed by atoms with Crippen LogP contribution in [0.3, 0.4) is 0 Å². The van der Waals surface area contributed by atoms with Gasteiger partial charge in [-0.05, 0) is 24.3 Å². The Morgan fingerprint density at radius 2 is 1.73 bits per heavy atom. The van der Waals surface area contributed by atoms with E-state index in [0.717, 1.165) is 5.39 Å². The number of benzene rings is 2. The Labute approximate surface area is 122 Å². The van der Waals surface area contributed by atoms with Gasteiger partial charge in [-0.25, -0.2) is 4.79 Å². The monoisotopic (exact) mass is 292 g/mol. The molecule has 106 valence electrons. The molecule has 0 aliphatic carbocycles. The predicted octanol–water partition coefficient (Wildman–Crippen LogP) is 4.14. The van der Waals surface area contributed by atoms with Crippen LogP contribution in [0.5, 0.6) is 5.75 Å². The Morgan fingerprint density at radius 3 is 2.64 bits per heavy atom. The van der Waals surface area contributed by atoms with Crippen molar-refractivity contribution in [3.05, 3.63) is 53.1 Å². The van der Waals surface area contributed by atoms with Crippen molar-refractivity contribution in [2.45, 2.75) is 0 Å². The maximum Gasteiger partial charge on any atom is 0.348 e. The number of rotatable bonds is 0. The first-order chi connectivity index (χ1) is 10.7. The molecule has 5 heteroatoms. The molecule has 5 rings (SSSR count). The van der Waals surface area contributed by atoms with E-state index in [0.29, 0.717) is 38.5 Å². The number of phenols is 1. The lowest BCUT2D eigenvalue weighted by Crippen LogP contribution is -1.98. The van der Waals surface area contributed by atoms with Crippen molar-refractivity contribution in [2.75, 3.05) is 0 Å². The van der Waals surface area contributed by atoms with Crippen LogP contribution in [0.15, 0.2) is 60.7 Å². The number of phenolic OH excluding ortho intramolecular Hbond substituents is 1. The van der Waals surface area contributed by atoms with E-state index in [2.05, 4.69) is 0 Å². The van der Waals surface area contributed by atoms with E-state index in [-0.39, 0.29) is 5.75 Å². The summed E-state index contributed by atoms with van der Waals surface area (Å²) in [7, 11) is 0. The molecule has 0 saturated carbocycles. The van der Waals surface area contributed by atoms with E-state index in [1.165, 1.54) is 12.1 Å². The van der Waals surface area contributed by atoms with Gasteiger partial charge in [0.1, 0.15) is 27.9 Å². The average Bonchev–Trinajstić information content (AvgIpc) is 3.08.